The van der Waals surface area contributed by atoms with Crippen LogP contribution in [0.5, 0.6) is 5.75 Å². The summed E-state index contributed by atoms with van der Waals surface area (Å²) in [5, 5.41) is 10.2. The van der Waals surface area contributed by atoms with Crippen LogP contribution < -0.4 is 0 Å². The van der Waals surface area contributed by atoms with E-state index >= 15 is 0 Å². The average Bonchev–Trinajstić information content (AvgIpc) is 2.58. The van der Waals surface area contributed by atoms with Crippen LogP contribution in [0.1, 0.15) is 57.1 Å². The molecule has 140 valence electrons. The highest BCUT2D eigenvalue weighted by Crippen LogP contribution is 2.58. The highest BCUT2D eigenvalue weighted by atomic mass is 16.3. The van der Waals surface area contributed by atoms with Crippen LogP contribution in [0.15, 0.2) is 18.2 Å². The minimum absolute atomic E-state index is 0.0455. The SMILES string of the molecule is C[C@H]1[C@H](C)C(=O)CC23CCN(CC4CCC4)C(Cc4ccc(O)cc42)[C@H]13. The Bertz CT molecular complexity index is 740. The molecule has 1 heterocycles. The first kappa shape index (κ1) is 16.8. The maximum Gasteiger partial charge on any atom is 0.136 e. The number of carbonyl (C=O) groups excluding carboxylic acids is 1. The van der Waals surface area contributed by atoms with E-state index in [1.807, 2.05) is 12.1 Å². The summed E-state index contributed by atoms with van der Waals surface area (Å²) >= 11 is 0. The Balaban J connectivity index is 1.60. The quantitative estimate of drug-likeness (QED) is 0.876. The van der Waals surface area contributed by atoms with Gasteiger partial charge < -0.3 is 5.11 Å². The Morgan fingerprint density at radius 1 is 1.27 bits per heavy atom. The van der Waals surface area contributed by atoms with Gasteiger partial charge in [0.1, 0.15) is 11.5 Å². The maximum atomic E-state index is 12.9. The van der Waals surface area contributed by atoms with Crippen LogP contribution in [0.4, 0.5) is 0 Å². The predicted octanol–water partition coefficient (Wildman–Crippen LogP) is 3.92. The lowest BCUT2D eigenvalue weighted by molar-refractivity contribution is -0.138. The Morgan fingerprint density at radius 2 is 2.08 bits per heavy atom. The van der Waals surface area contributed by atoms with Crippen molar-refractivity contribution in [2.45, 2.75) is 63.8 Å². The molecule has 5 rings (SSSR count). The number of hydrogen-bond donors (Lipinski definition) is 1. The van der Waals surface area contributed by atoms with E-state index in [0.717, 1.165) is 25.3 Å². The Labute approximate surface area is 156 Å². The highest BCUT2D eigenvalue weighted by molar-refractivity contribution is 5.84. The first-order valence-corrected chi connectivity index (χ1v) is 10.6. The van der Waals surface area contributed by atoms with Crippen molar-refractivity contribution in [3.8, 4) is 5.75 Å². The van der Waals surface area contributed by atoms with E-state index in [2.05, 4.69) is 24.8 Å². The van der Waals surface area contributed by atoms with Gasteiger partial charge in [0.2, 0.25) is 0 Å². The molecule has 1 aliphatic heterocycles. The second kappa shape index (κ2) is 5.82. The van der Waals surface area contributed by atoms with Crippen LogP contribution in [0.25, 0.3) is 0 Å². The second-order valence-corrected chi connectivity index (χ2v) is 9.63. The largest absolute Gasteiger partial charge is 0.508 e. The maximum absolute atomic E-state index is 12.9. The fourth-order valence-corrected chi connectivity index (χ4v) is 6.74. The van der Waals surface area contributed by atoms with E-state index in [9.17, 15) is 9.90 Å². The van der Waals surface area contributed by atoms with Gasteiger partial charge in [0.05, 0.1) is 0 Å². The van der Waals surface area contributed by atoms with Gasteiger partial charge in [-0.2, -0.15) is 0 Å². The summed E-state index contributed by atoms with van der Waals surface area (Å²) < 4.78 is 0. The van der Waals surface area contributed by atoms with E-state index in [1.54, 1.807) is 0 Å². The summed E-state index contributed by atoms with van der Waals surface area (Å²) in [5.41, 5.74) is 2.61. The molecule has 0 aromatic heterocycles. The first-order chi connectivity index (χ1) is 12.5. The lowest BCUT2D eigenvalue weighted by atomic mass is 9.47. The molecule has 1 saturated heterocycles. The number of fused-ring (bicyclic) bond motifs is 1. The molecular formula is C23H31NO2. The zero-order chi connectivity index (χ0) is 18.1. The molecular weight excluding hydrogens is 322 g/mol. The molecule has 4 aliphatic rings. The molecule has 1 aromatic rings. The number of likely N-dealkylation sites (tertiary alicyclic amines) is 1. The third kappa shape index (κ3) is 2.25. The monoisotopic (exact) mass is 353 g/mol. The van der Waals surface area contributed by atoms with Gasteiger partial charge in [0.15, 0.2) is 0 Å². The van der Waals surface area contributed by atoms with Crippen molar-refractivity contribution in [1.29, 1.82) is 0 Å². The van der Waals surface area contributed by atoms with Crippen LogP contribution in [0.3, 0.4) is 0 Å². The van der Waals surface area contributed by atoms with Crippen molar-refractivity contribution in [3.05, 3.63) is 29.3 Å². The number of piperidine rings is 1. The summed E-state index contributed by atoms with van der Waals surface area (Å²) in [4.78, 5) is 15.7. The zero-order valence-corrected chi connectivity index (χ0v) is 16.1. The fourth-order valence-electron chi connectivity index (χ4n) is 6.74. The lowest BCUT2D eigenvalue weighted by Gasteiger charge is -2.62. The number of nitrogens with zero attached hydrogens (tertiary/aromatic N) is 1. The molecule has 2 saturated carbocycles. The summed E-state index contributed by atoms with van der Waals surface area (Å²) in [6.07, 6.45) is 7.02. The van der Waals surface area contributed by atoms with Crippen molar-refractivity contribution in [2.75, 3.05) is 13.1 Å². The molecule has 1 N–H and O–H groups in total. The van der Waals surface area contributed by atoms with Crippen molar-refractivity contribution >= 4 is 5.78 Å². The number of benzene rings is 1. The van der Waals surface area contributed by atoms with E-state index in [4.69, 9.17) is 0 Å². The van der Waals surface area contributed by atoms with Gasteiger partial charge in [-0.05, 0) is 73.2 Å². The lowest BCUT2D eigenvalue weighted by Crippen LogP contribution is -2.65. The third-order valence-electron chi connectivity index (χ3n) is 8.50. The first-order valence-electron chi connectivity index (χ1n) is 10.6. The van der Waals surface area contributed by atoms with E-state index in [1.165, 1.54) is 36.9 Å². The number of phenolic OH excluding ortho intramolecular Hbond substituents is 1. The molecule has 26 heavy (non-hydrogen) atoms. The van der Waals surface area contributed by atoms with Crippen molar-refractivity contribution in [2.24, 2.45) is 23.7 Å². The van der Waals surface area contributed by atoms with Crippen LogP contribution >= 0.6 is 0 Å². The Hall–Kier alpha value is -1.35. The van der Waals surface area contributed by atoms with Crippen molar-refractivity contribution in [3.63, 3.8) is 0 Å². The number of phenols is 1. The molecule has 0 radical (unpaired) electrons. The number of rotatable bonds is 2. The number of ketones is 1. The van der Waals surface area contributed by atoms with Gasteiger partial charge >= 0.3 is 0 Å². The molecule has 3 aliphatic carbocycles. The van der Waals surface area contributed by atoms with Crippen LogP contribution in [-0.4, -0.2) is 34.9 Å². The zero-order valence-electron chi connectivity index (χ0n) is 16.1. The molecule has 3 nitrogen and oxygen atoms in total. The highest BCUT2D eigenvalue weighted by Gasteiger charge is 2.59. The number of Topliss-reactive ketones (excluding diaryl/α,β-unsaturated/α-hetero) is 1. The van der Waals surface area contributed by atoms with Crippen LogP contribution in [-0.2, 0) is 16.6 Å². The van der Waals surface area contributed by atoms with Gasteiger partial charge in [0.25, 0.3) is 0 Å². The Morgan fingerprint density at radius 3 is 2.81 bits per heavy atom. The van der Waals surface area contributed by atoms with Gasteiger partial charge in [-0.25, -0.2) is 0 Å². The third-order valence-corrected chi connectivity index (χ3v) is 8.50. The summed E-state index contributed by atoms with van der Waals surface area (Å²) in [6, 6.07) is 6.50. The molecule has 1 aromatic carbocycles. The van der Waals surface area contributed by atoms with Crippen LogP contribution in [0, 0.1) is 23.7 Å². The van der Waals surface area contributed by atoms with Crippen LogP contribution in [0.2, 0.25) is 0 Å². The minimum atomic E-state index is -0.0455. The van der Waals surface area contributed by atoms with Gasteiger partial charge in [-0.15, -0.1) is 0 Å². The van der Waals surface area contributed by atoms with Gasteiger partial charge in [-0.3, -0.25) is 9.69 Å². The molecule has 0 amide bonds. The average molecular weight is 354 g/mol. The number of hydrogen-bond acceptors (Lipinski definition) is 3. The molecule has 5 atom stereocenters. The van der Waals surface area contributed by atoms with Crippen molar-refractivity contribution in [1.82, 2.24) is 4.90 Å². The second-order valence-electron chi connectivity index (χ2n) is 9.63. The minimum Gasteiger partial charge on any atom is -0.508 e. The van der Waals surface area contributed by atoms with Gasteiger partial charge in [0, 0.05) is 30.3 Å². The molecule has 2 bridgehead atoms. The van der Waals surface area contributed by atoms with E-state index in [0.29, 0.717) is 35.8 Å². The molecule has 2 unspecified atom stereocenters. The van der Waals surface area contributed by atoms with Crippen molar-refractivity contribution < 1.29 is 9.90 Å². The summed E-state index contributed by atoms with van der Waals surface area (Å²) in [5.74, 6) is 2.79. The topological polar surface area (TPSA) is 40.5 Å². The molecule has 0 spiro atoms. The normalized spacial score (nSPS) is 39.8. The van der Waals surface area contributed by atoms with Gasteiger partial charge in [-0.1, -0.05) is 26.3 Å². The standard InChI is InChI=1S/C23H31NO2/c1-14-15(2)22-20-10-17-6-7-18(25)11-19(17)23(22,12-21(14)26)8-9-24(20)13-16-4-3-5-16/h6-7,11,14-16,20,22,25H,3-5,8-10,12-13H2,1-2H3/t14-,15-,20?,22-,23?/m0/s1. The predicted molar refractivity (Wildman–Crippen MR) is 102 cm³/mol. The molecule has 3 heteroatoms. The number of carbonyl (C=O) groups is 1. The van der Waals surface area contributed by atoms with E-state index in [-0.39, 0.29) is 11.3 Å². The Kier molecular flexibility index (Phi) is 3.76. The van der Waals surface area contributed by atoms with E-state index < -0.39 is 0 Å². The number of aromatic hydroxyl groups is 1. The fraction of sp³-hybridized carbons (Fsp3) is 0.696. The summed E-state index contributed by atoms with van der Waals surface area (Å²) in [7, 11) is 0. The molecule has 3 fully saturated rings. The smallest absolute Gasteiger partial charge is 0.136 e. The summed E-state index contributed by atoms with van der Waals surface area (Å²) in [6.45, 7) is 6.82.